The summed E-state index contributed by atoms with van der Waals surface area (Å²) in [7, 11) is 0. The molecular formula is C17H15F3N4O3. The number of rotatable bonds is 5. The van der Waals surface area contributed by atoms with Gasteiger partial charge in [0.1, 0.15) is 5.69 Å². The fourth-order valence-electron chi connectivity index (χ4n) is 2.19. The van der Waals surface area contributed by atoms with Gasteiger partial charge in [-0.3, -0.25) is 20.3 Å². The maximum atomic E-state index is 12.7. The number of anilines is 2. The Morgan fingerprint density at radius 3 is 2.44 bits per heavy atom. The van der Waals surface area contributed by atoms with E-state index in [2.05, 4.69) is 15.8 Å². The van der Waals surface area contributed by atoms with Crippen LogP contribution in [0.15, 0.2) is 47.6 Å². The maximum Gasteiger partial charge on any atom is 0.416 e. The van der Waals surface area contributed by atoms with Crippen LogP contribution in [0.25, 0.3) is 0 Å². The van der Waals surface area contributed by atoms with E-state index in [9.17, 15) is 28.1 Å². The molecule has 0 aromatic heterocycles. The fraction of sp³-hybridized carbons (Fsp3) is 0.176. The molecule has 0 aliphatic rings. The normalized spacial score (nSPS) is 11.8. The van der Waals surface area contributed by atoms with Gasteiger partial charge in [-0.2, -0.15) is 18.3 Å². The molecular weight excluding hydrogens is 365 g/mol. The van der Waals surface area contributed by atoms with Crippen LogP contribution in [0.4, 0.5) is 30.2 Å². The zero-order valence-electron chi connectivity index (χ0n) is 14.3. The van der Waals surface area contributed by atoms with E-state index in [0.717, 1.165) is 12.1 Å². The second kappa shape index (κ2) is 7.85. The highest BCUT2D eigenvalue weighted by molar-refractivity contribution is 6.00. The largest absolute Gasteiger partial charge is 0.416 e. The number of alkyl halides is 3. The number of carbonyl (C=O) groups is 1. The molecule has 0 saturated heterocycles. The smallest absolute Gasteiger partial charge is 0.326 e. The third-order valence-electron chi connectivity index (χ3n) is 3.47. The summed E-state index contributed by atoms with van der Waals surface area (Å²) < 4.78 is 38.2. The SMILES string of the molecule is CC(=O)Nc1cccc(/C(C)=N\Nc2ccc(C(F)(F)F)cc2[N+](=O)[O-])c1. The summed E-state index contributed by atoms with van der Waals surface area (Å²) in [6.45, 7) is 2.97. The average Bonchev–Trinajstić information content (AvgIpc) is 2.58. The number of nitrogens with zero attached hydrogens (tertiary/aromatic N) is 2. The third kappa shape index (κ3) is 5.27. The van der Waals surface area contributed by atoms with Gasteiger partial charge in [-0.1, -0.05) is 12.1 Å². The standard InChI is InChI=1S/C17H15F3N4O3/c1-10(12-4-3-5-14(8-12)21-11(2)25)22-23-15-7-6-13(17(18,19)20)9-16(15)24(26)27/h3-9,23H,1-2H3,(H,21,25)/b22-10-. The number of nitro groups is 1. The summed E-state index contributed by atoms with van der Waals surface area (Å²) in [5, 5.41) is 17.7. The molecule has 0 bridgehead atoms. The molecule has 2 aromatic carbocycles. The summed E-state index contributed by atoms with van der Waals surface area (Å²) in [6, 6.07) is 8.83. The Bertz CT molecular complexity index is 911. The van der Waals surface area contributed by atoms with Crippen LogP contribution in [0.2, 0.25) is 0 Å². The number of nitrogens with one attached hydrogen (secondary N) is 2. The van der Waals surface area contributed by atoms with Crippen LogP contribution in [0.1, 0.15) is 25.0 Å². The van der Waals surface area contributed by atoms with Crippen LogP contribution in [0.5, 0.6) is 0 Å². The van der Waals surface area contributed by atoms with Gasteiger partial charge in [0.25, 0.3) is 5.69 Å². The van der Waals surface area contributed by atoms with Gasteiger partial charge in [0.15, 0.2) is 0 Å². The summed E-state index contributed by atoms with van der Waals surface area (Å²) in [5.74, 6) is -0.250. The van der Waals surface area contributed by atoms with Crippen LogP contribution in [0, 0.1) is 10.1 Å². The minimum Gasteiger partial charge on any atom is -0.326 e. The van der Waals surface area contributed by atoms with Crippen LogP contribution in [-0.2, 0) is 11.0 Å². The molecule has 0 unspecified atom stereocenters. The van der Waals surface area contributed by atoms with Crippen molar-refractivity contribution in [3.05, 3.63) is 63.7 Å². The number of benzene rings is 2. The Hall–Kier alpha value is -3.43. The van der Waals surface area contributed by atoms with E-state index in [1.807, 2.05) is 0 Å². The third-order valence-corrected chi connectivity index (χ3v) is 3.47. The fourth-order valence-corrected chi connectivity index (χ4v) is 2.19. The topological polar surface area (TPSA) is 96.6 Å². The molecule has 2 N–H and O–H groups in total. The van der Waals surface area contributed by atoms with E-state index in [-0.39, 0.29) is 11.6 Å². The number of hydrogen-bond donors (Lipinski definition) is 2. The number of amides is 1. The minimum atomic E-state index is -4.69. The zero-order chi connectivity index (χ0) is 20.2. The van der Waals surface area contributed by atoms with Gasteiger partial charge in [0.05, 0.1) is 16.2 Å². The van der Waals surface area contributed by atoms with Crippen LogP contribution in [-0.4, -0.2) is 16.5 Å². The molecule has 27 heavy (non-hydrogen) atoms. The van der Waals surface area contributed by atoms with Gasteiger partial charge in [-0.25, -0.2) is 0 Å². The number of halogens is 3. The lowest BCUT2D eigenvalue weighted by atomic mass is 10.1. The van der Waals surface area contributed by atoms with Gasteiger partial charge in [0, 0.05) is 18.7 Å². The number of hydrazone groups is 1. The molecule has 0 spiro atoms. The van der Waals surface area contributed by atoms with Gasteiger partial charge >= 0.3 is 6.18 Å². The minimum absolute atomic E-state index is 0.176. The lowest BCUT2D eigenvalue weighted by Gasteiger charge is -2.09. The van der Waals surface area contributed by atoms with Crippen molar-refractivity contribution < 1.29 is 22.9 Å². The predicted octanol–water partition coefficient (Wildman–Crippen LogP) is 4.41. The first-order valence-electron chi connectivity index (χ1n) is 7.62. The summed E-state index contributed by atoms with van der Waals surface area (Å²) in [5.41, 5.74) is 1.95. The van der Waals surface area contributed by atoms with Crippen molar-refractivity contribution in [2.75, 3.05) is 10.7 Å². The van der Waals surface area contributed by atoms with Crippen molar-refractivity contribution in [1.82, 2.24) is 0 Å². The lowest BCUT2D eigenvalue weighted by Crippen LogP contribution is -2.08. The average molecular weight is 380 g/mol. The Morgan fingerprint density at radius 1 is 1.15 bits per heavy atom. The van der Waals surface area contributed by atoms with E-state index >= 15 is 0 Å². The number of hydrogen-bond acceptors (Lipinski definition) is 5. The highest BCUT2D eigenvalue weighted by atomic mass is 19.4. The molecule has 142 valence electrons. The van der Waals surface area contributed by atoms with Crippen LogP contribution < -0.4 is 10.7 Å². The van der Waals surface area contributed by atoms with E-state index in [0.29, 0.717) is 23.0 Å². The quantitative estimate of drug-likeness (QED) is 0.456. The second-order valence-electron chi connectivity index (χ2n) is 5.56. The van der Waals surface area contributed by atoms with E-state index in [1.54, 1.807) is 31.2 Å². The molecule has 0 aliphatic heterocycles. The highest BCUT2D eigenvalue weighted by Gasteiger charge is 2.33. The van der Waals surface area contributed by atoms with Gasteiger partial charge in [-0.05, 0) is 36.8 Å². The number of nitro benzene ring substituents is 1. The summed E-state index contributed by atoms with van der Waals surface area (Å²) >= 11 is 0. The Kier molecular flexibility index (Phi) is 5.78. The molecule has 1 amide bonds. The summed E-state index contributed by atoms with van der Waals surface area (Å²) in [6.07, 6.45) is -4.69. The summed E-state index contributed by atoms with van der Waals surface area (Å²) in [4.78, 5) is 21.3. The Labute approximate surface area is 152 Å². The molecule has 0 saturated carbocycles. The first kappa shape index (κ1) is 19.9. The van der Waals surface area contributed by atoms with Gasteiger partial charge < -0.3 is 5.32 Å². The Morgan fingerprint density at radius 2 is 1.85 bits per heavy atom. The number of carbonyl (C=O) groups excluding carboxylic acids is 1. The van der Waals surface area contributed by atoms with Crippen LogP contribution in [0.3, 0.4) is 0 Å². The highest BCUT2D eigenvalue weighted by Crippen LogP contribution is 2.35. The van der Waals surface area contributed by atoms with E-state index in [4.69, 9.17) is 0 Å². The van der Waals surface area contributed by atoms with Gasteiger partial charge in [-0.15, -0.1) is 0 Å². The van der Waals surface area contributed by atoms with Crippen molar-refractivity contribution in [3.8, 4) is 0 Å². The molecule has 0 fully saturated rings. The molecule has 0 atom stereocenters. The molecule has 0 heterocycles. The van der Waals surface area contributed by atoms with Crippen molar-refractivity contribution >= 4 is 28.7 Å². The molecule has 0 aliphatic carbocycles. The predicted molar refractivity (Wildman–Crippen MR) is 94.7 cm³/mol. The molecule has 7 nitrogen and oxygen atoms in total. The molecule has 2 aromatic rings. The first-order chi connectivity index (χ1) is 12.6. The van der Waals surface area contributed by atoms with Crippen molar-refractivity contribution in [2.45, 2.75) is 20.0 Å². The molecule has 2 rings (SSSR count). The second-order valence-corrected chi connectivity index (χ2v) is 5.56. The van der Waals surface area contributed by atoms with E-state index < -0.39 is 22.4 Å². The monoisotopic (exact) mass is 380 g/mol. The zero-order valence-corrected chi connectivity index (χ0v) is 14.3. The van der Waals surface area contributed by atoms with E-state index in [1.165, 1.54) is 6.92 Å². The Balaban J connectivity index is 2.29. The molecule has 10 heteroatoms. The van der Waals surface area contributed by atoms with Gasteiger partial charge in [0.2, 0.25) is 5.91 Å². The van der Waals surface area contributed by atoms with Crippen molar-refractivity contribution in [3.63, 3.8) is 0 Å². The van der Waals surface area contributed by atoms with Crippen molar-refractivity contribution in [1.29, 1.82) is 0 Å². The first-order valence-corrected chi connectivity index (χ1v) is 7.62. The molecule has 0 radical (unpaired) electrons. The van der Waals surface area contributed by atoms with Crippen LogP contribution >= 0.6 is 0 Å². The lowest BCUT2D eigenvalue weighted by molar-refractivity contribution is -0.384. The maximum absolute atomic E-state index is 12.7. The van der Waals surface area contributed by atoms with Crippen molar-refractivity contribution in [2.24, 2.45) is 5.10 Å².